The summed E-state index contributed by atoms with van der Waals surface area (Å²) in [5.74, 6) is -6.02. The number of carboxylic acid groups (broad SMARTS) is 1. The molecule has 87 heavy (non-hydrogen) atoms. The number of unbranched alkanes of at least 4 members (excludes halogenated alkanes) is 1. The molecule has 0 radical (unpaired) electrons. The summed E-state index contributed by atoms with van der Waals surface area (Å²) in [5, 5.41) is 20.8. The third kappa shape index (κ3) is 27.5. The first-order chi connectivity index (χ1) is 41.4. The SMILES string of the molecule is COCCOCCOCCOCCC(=O)NCCCC[C@H](CC(=O)[C@@H](NC(=O)CCCC(=O)O)C(C)C)C(=O)CCc1ccc([C@H]2O[C@@H]2[C@@H](C)[C@@H]2C/C=C/C(=O)N[C@H](Cc3ccc(C)c(Cl)c3)C(=O)NCC(C)(C)C(=O)O[C@@H](CC(C)C)C(=O)O2)cc1. The van der Waals surface area contributed by atoms with E-state index in [0.29, 0.717) is 82.5 Å². The molecule has 0 saturated carbocycles. The first-order valence-electron chi connectivity index (χ1n) is 30.6. The predicted molar refractivity (Wildman–Crippen MR) is 325 cm³/mol. The van der Waals surface area contributed by atoms with Gasteiger partial charge in [0.25, 0.3) is 0 Å². The molecule has 2 aliphatic heterocycles. The molecule has 21 nitrogen and oxygen atoms in total. The molecule has 1 saturated heterocycles. The number of carbonyl (C=O) groups is 9. The van der Waals surface area contributed by atoms with E-state index in [9.17, 15) is 43.2 Å². The van der Waals surface area contributed by atoms with Gasteiger partial charge in [0, 0.05) is 82.0 Å². The second-order valence-corrected chi connectivity index (χ2v) is 24.4. The molecule has 4 rings (SSSR count). The lowest BCUT2D eigenvalue weighted by atomic mass is 9.85. The van der Waals surface area contributed by atoms with E-state index < -0.39 is 83.3 Å². The second kappa shape index (κ2) is 38.3. The molecule has 22 heteroatoms. The lowest BCUT2D eigenvalue weighted by molar-refractivity contribution is -0.179. The van der Waals surface area contributed by atoms with Crippen molar-refractivity contribution in [3.63, 3.8) is 0 Å². The molecule has 5 N–H and O–H groups in total. The lowest BCUT2D eigenvalue weighted by Gasteiger charge is -2.29. The molecule has 0 bridgehead atoms. The molecule has 0 spiro atoms. The quantitative estimate of drug-likeness (QED) is 0.0252. The van der Waals surface area contributed by atoms with Gasteiger partial charge in [-0.25, -0.2) is 4.79 Å². The number of aliphatic carboxylic acids is 1. The molecule has 2 aromatic carbocycles. The van der Waals surface area contributed by atoms with Gasteiger partial charge in [0.05, 0.1) is 63.8 Å². The number of methoxy groups -OCH3 is 1. The fraction of sp³-hybridized carbons (Fsp3) is 0.646. The topological polar surface area (TPSA) is 290 Å². The Kier molecular flexibility index (Phi) is 32.3. The zero-order valence-electron chi connectivity index (χ0n) is 52.4. The number of carbonyl (C=O) groups excluding carboxylic acids is 8. The van der Waals surface area contributed by atoms with Crippen LogP contribution in [0.2, 0.25) is 5.02 Å². The standard InChI is InChI=1S/C65H95ClN4O17/c1-41(2)36-54-63(79)85-53(15-12-16-56(74)69-50(38-46-20-19-43(5)49(66)37-46)62(78)68-40-65(7,8)64(80)86-54)44(6)60-61(87-60)47-24-21-45(22-25-47)23-26-51(71)48(39-52(72)59(42(3)4)70-57(75)17-13-18-58(76)77)14-10-11-28-67-55(73)27-29-82-32-33-84-35-34-83-31-30-81-9/h12,16,19-22,24-25,37,41-42,44,48,50,53-54,59-61H,10-11,13-15,17-18,23,26-36,38-40H2,1-9H3,(H,67,73)(H,68,78)(H,69,74)(H,70,75)(H,76,77)/b16-12+/t44-,48+,50+,53-,54-,59-,60+,61+/m0/s1. The van der Waals surface area contributed by atoms with Crippen molar-refractivity contribution in [2.75, 3.05) is 66.4 Å². The van der Waals surface area contributed by atoms with Gasteiger partial charge in [-0.1, -0.05) is 95.1 Å². The van der Waals surface area contributed by atoms with Crippen molar-refractivity contribution in [3.05, 3.63) is 81.9 Å². The summed E-state index contributed by atoms with van der Waals surface area (Å²) in [6, 6.07) is 11.1. The summed E-state index contributed by atoms with van der Waals surface area (Å²) in [7, 11) is 1.60. The van der Waals surface area contributed by atoms with Crippen molar-refractivity contribution in [3.8, 4) is 0 Å². The van der Waals surface area contributed by atoms with Gasteiger partial charge in [0.2, 0.25) is 23.6 Å². The van der Waals surface area contributed by atoms with E-state index in [4.69, 9.17) is 49.9 Å². The number of ketones is 2. The Morgan fingerprint density at radius 2 is 1.46 bits per heavy atom. The molecule has 2 heterocycles. The number of ether oxygens (including phenoxy) is 7. The number of esters is 2. The summed E-state index contributed by atoms with van der Waals surface area (Å²) in [5.41, 5.74) is 2.01. The molecule has 4 amide bonds. The number of nitrogens with one attached hydrogen (secondary N) is 4. The molecule has 484 valence electrons. The first-order valence-corrected chi connectivity index (χ1v) is 31.0. The van der Waals surface area contributed by atoms with Crippen LogP contribution < -0.4 is 21.3 Å². The lowest BCUT2D eigenvalue weighted by Crippen LogP contribution is -2.51. The molecule has 8 atom stereocenters. The summed E-state index contributed by atoms with van der Waals surface area (Å²) < 4.78 is 39.6. The third-order valence-electron chi connectivity index (χ3n) is 15.2. The summed E-state index contributed by atoms with van der Waals surface area (Å²) in [4.78, 5) is 119. The number of rotatable bonds is 37. The predicted octanol–water partition coefficient (Wildman–Crippen LogP) is 7.27. The normalized spacial score (nSPS) is 20.5. The molecular weight excluding hydrogens is 1140 g/mol. The fourth-order valence-electron chi connectivity index (χ4n) is 9.79. The van der Waals surface area contributed by atoms with E-state index in [1.807, 2.05) is 64.1 Å². The minimum atomic E-state index is -1.27. The Bertz CT molecular complexity index is 2590. The molecule has 2 aromatic rings. The van der Waals surface area contributed by atoms with Gasteiger partial charge in [-0.3, -0.25) is 38.4 Å². The van der Waals surface area contributed by atoms with E-state index in [2.05, 4.69) is 21.3 Å². The molecular formula is C65H95ClN4O17. The highest BCUT2D eigenvalue weighted by atomic mass is 35.5. The van der Waals surface area contributed by atoms with Crippen LogP contribution in [-0.4, -0.2) is 155 Å². The van der Waals surface area contributed by atoms with Crippen LogP contribution in [0.25, 0.3) is 0 Å². The van der Waals surface area contributed by atoms with Gasteiger partial charge in [0.1, 0.15) is 24.0 Å². The van der Waals surface area contributed by atoms with Crippen molar-refractivity contribution in [2.45, 2.75) is 175 Å². The maximum atomic E-state index is 14.1. The minimum Gasteiger partial charge on any atom is -0.481 e. The number of halogens is 1. The average Bonchev–Trinajstić information content (AvgIpc) is 1.80. The van der Waals surface area contributed by atoms with Gasteiger partial charge >= 0.3 is 17.9 Å². The van der Waals surface area contributed by atoms with Crippen LogP contribution in [0.4, 0.5) is 0 Å². The van der Waals surface area contributed by atoms with Crippen LogP contribution in [0, 0.1) is 36.0 Å². The maximum absolute atomic E-state index is 14.1. The van der Waals surface area contributed by atoms with Gasteiger partial charge in [-0.15, -0.1) is 0 Å². The number of aryl methyl sites for hydroxylation is 2. The zero-order chi connectivity index (χ0) is 64.1. The first kappa shape index (κ1) is 73.4. The van der Waals surface area contributed by atoms with Gasteiger partial charge < -0.3 is 59.5 Å². The number of benzene rings is 2. The van der Waals surface area contributed by atoms with Gasteiger partial charge in [-0.05, 0) is 99.1 Å². The van der Waals surface area contributed by atoms with Crippen molar-refractivity contribution in [2.24, 2.45) is 29.1 Å². The Balaban J connectivity index is 1.41. The number of hydrogen-bond acceptors (Lipinski definition) is 16. The number of epoxide rings is 1. The number of hydrogen-bond donors (Lipinski definition) is 5. The van der Waals surface area contributed by atoms with Crippen LogP contribution in [0.3, 0.4) is 0 Å². The Labute approximate surface area is 518 Å². The molecule has 2 aliphatic rings. The van der Waals surface area contributed by atoms with E-state index >= 15 is 0 Å². The highest BCUT2D eigenvalue weighted by molar-refractivity contribution is 6.31. The van der Waals surface area contributed by atoms with Crippen LogP contribution >= 0.6 is 11.6 Å². The smallest absolute Gasteiger partial charge is 0.347 e. The largest absolute Gasteiger partial charge is 0.481 e. The summed E-state index contributed by atoms with van der Waals surface area (Å²) >= 11 is 6.41. The number of cyclic esters (lactones) is 2. The third-order valence-corrected chi connectivity index (χ3v) is 15.7. The fourth-order valence-corrected chi connectivity index (χ4v) is 9.99. The summed E-state index contributed by atoms with van der Waals surface area (Å²) in [6.45, 7) is 17.3. The Hall–Kier alpha value is -6.10. The van der Waals surface area contributed by atoms with E-state index in [-0.39, 0.29) is 106 Å². The zero-order valence-corrected chi connectivity index (χ0v) is 53.1. The van der Waals surface area contributed by atoms with E-state index in [1.165, 1.54) is 6.08 Å². The van der Waals surface area contributed by atoms with Crippen molar-refractivity contribution in [1.29, 1.82) is 0 Å². The molecule has 1 fully saturated rings. The number of carboxylic acids is 1. The highest BCUT2D eigenvalue weighted by Crippen LogP contribution is 2.45. The molecule has 0 aromatic heterocycles. The van der Waals surface area contributed by atoms with Crippen molar-refractivity contribution in [1.82, 2.24) is 21.3 Å². The van der Waals surface area contributed by atoms with Gasteiger partial charge in [-0.2, -0.15) is 0 Å². The molecule has 0 aliphatic carbocycles. The van der Waals surface area contributed by atoms with Crippen LogP contribution in [-0.2, 0) is 89.2 Å². The van der Waals surface area contributed by atoms with Crippen LogP contribution in [0.5, 0.6) is 0 Å². The summed E-state index contributed by atoms with van der Waals surface area (Å²) in [6.07, 6.45) is 2.31. The maximum Gasteiger partial charge on any atom is 0.347 e. The van der Waals surface area contributed by atoms with Crippen molar-refractivity contribution >= 4 is 64.7 Å². The van der Waals surface area contributed by atoms with Gasteiger partial charge in [0.15, 0.2) is 11.9 Å². The highest BCUT2D eigenvalue weighted by Gasteiger charge is 2.48. The van der Waals surface area contributed by atoms with Crippen molar-refractivity contribution < 1.29 is 81.4 Å². The minimum absolute atomic E-state index is 0.0565. The number of amides is 4. The van der Waals surface area contributed by atoms with E-state index in [0.717, 1.165) is 16.7 Å². The Morgan fingerprint density at radius 1 is 0.793 bits per heavy atom. The molecule has 0 unspecified atom stereocenters. The van der Waals surface area contributed by atoms with Crippen LogP contribution in [0.1, 0.15) is 147 Å². The average molecular weight is 1240 g/mol. The van der Waals surface area contributed by atoms with E-state index in [1.54, 1.807) is 46.9 Å². The Morgan fingerprint density at radius 3 is 2.10 bits per heavy atom. The number of Topliss-reactive ketones (excluding diaryl/α,β-unsaturated/α-hetero) is 2. The second-order valence-electron chi connectivity index (χ2n) is 24.0. The van der Waals surface area contributed by atoms with Crippen LogP contribution in [0.15, 0.2) is 54.6 Å². The monoisotopic (exact) mass is 1240 g/mol.